The fourth-order valence-corrected chi connectivity index (χ4v) is 2.72. The standard InChI is InChI=1S/C18H15N3O2/c19-10-8-12-4-6-13(7-5-12)9-11-21-17(22)14-2-1-3-15(20)16(14)18(21)23/h1-7H,8-9,11,20H2. The number of benzene rings is 2. The minimum absolute atomic E-state index is 0.293. The van der Waals surface area contributed by atoms with Crippen molar-refractivity contribution in [3.8, 4) is 6.07 Å². The molecule has 23 heavy (non-hydrogen) atoms. The average Bonchev–Trinajstić information content (AvgIpc) is 2.80. The number of rotatable bonds is 4. The number of anilines is 1. The first-order valence-electron chi connectivity index (χ1n) is 7.31. The average molecular weight is 305 g/mol. The van der Waals surface area contributed by atoms with Crippen LogP contribution in [0.4, 0.5) is 5.69 Å². The third kappa shape index (κ3) is 2.67. The summed E-state index contributed by atoms with van der Waals surface area (Å²) in [7, 11) is 0. The van der Waals surface area contributed by atoms with Crippen molar-refractivity contribution in [3.63, 3.8) is 0 Å². The van der Waals surface area contributed by atoms with Gasteiger partial charge < -0.3 is 5.73 Å². The van der Waals surface area contributed by atoms with Gasteiger partial charge in [0.25, 0.3) is 11.8 Å². The maximum Gasteiger partial charge on any atom is 0.263 e. The zero-order valence-corrected chi connectivity index (χ0v) is 12.5. The van der Waals surface area contributed by atoms with E-state index in [1.165, 1.54) is 4.90 Å². The van der Waals surface area contributed by atoms with E-state index in [0.29, 0.717) is 36.2 Å². The molecule has 2 aromatic carbocycles. The van der Waals surface area contributed by atoms with E-state index in [9.17, 15) is 9.59 Å². The third-order valence-corrected chi connectivity index (χ3v) is 3.96. The molecule has 114 valence electrons. The van der Waals surface area contributed by atoms with Crippen molar-refractivity contribution in [2.45, 2.75) is 12.8 Å². The van der Waals surface area contributed by atoms with E-state index in [-0.39, 0.29) is 11.8 Å². The Balaban J connectivity index is 1.72. The van der Waals surface area contributed by atoms with Gasteiger partial charge in [-0.3, -0.25) is 14.5 Å². The fourth-order valence-electron chi connectivity index (χ4n) is 2.72. The molecule has 0 aromatic heterocycles. The number of nitriles is 1. The number of hydrogen-bond acceptors (Lipinski definition) is 4. The zero-order chi connectivity index (χ0) is 16.4. The third-order valence-electron chi connectivity index (χ3n) is 3.96. The maximum absolute atomic E-state index is 12.4. The van der Waals surface area contributed by atoms with Crippen LogP contribution in [0.3, 0.4) is 0 Å². The lowest BCUT2D eigenvalue weighted by atomic mass is 10.1. The van der Waals surface area contributed by atoms with Crippen LogP contribution < -0.4 is 5.73 Å². The van der Waals surface area contributed by atoms with Gasteiger partial charge in [0.2, 0.25) is 0 Å². The van der Waals surface area contributed by atoms with E-state index in [0.717, 1.165) is 11.1 Å². The van der Waals surface area contributed by atoms with E-state index in [4.69, 9.17) is 11.0 Å². The molecule has 0 bridgehead atoms. The second-order valence-electron chi connectivity index (χ2n) is 5.43. The Morgan fingerprint density at radius 1 is 1.00 bits per heavy atom. The first kappa shape index (κ1) is 14.8. The highest BCUT2D eigenvalue weighted by Gasteiger charge is 2.36. The molecule has 0 spiro atoms. The van der Waals surface area contributed by atoms with Crippen LogP contribution in [0.15, 0.2) is 42.5 Å². The second kappa shape index (κ2) is 5.93. The van der Waals surface area contributed by atoms with Crippen molar-refractivity contribution in [2.24, 2.45) is 0 Å². The minimum atomic E-state index is -0.329. The molecule has 0 radical (unpaired) electrons. The van der Waals surface area contributed by atoms with Crippen LogP contribution in [-0.2, 0) is 12.8 Å². The summed E-state index contributed by atoms with van der Waals surface area (Å²) in [5.41, 5.74) is 8.79. The van der Waals surface area contributed by atoms with Gasteiger partial charge in [-0.1, -0.05) is 30.3 Å². The topological polar surface area (TPSA) is 87.2 Å². The van der Waals surface area contributed by atoms with Crippen molar-refractivity contribution in [1.29, 1.82) is 5.26 Å². The lowest BCUT2D eigenvalue weighted by Crippen LogP contribution is -2.31. The summed E-state index contributed by atoms with van der Waals surface area (Å²) in [4.78, 5) is 26.0. The lowest BCUT2D eigenvalue weighted by Gasteiger charge is -2.13. The number of carbonyl (C=O) groups is 2. The molecule has 5 heteroatoms. The molecule has 1 aliphatic heterocycles. The van der Waals surface area contributed by atoms with Crippen molar-refractivity contribution in [1.82, 2.24) is 4.90 Å². The Hall–Kier alpha value is -3.13. The molecular formula is C18H15N3O2. The normalized spacial score (nSPS) is 13.1. The number of fused-ring (bicyclic) bond motifs is 1. The van der Waals surface area contributed by atoms with Crippen molar-refractivity contribution in [2.75, 3.05) is 12.3 Å². The molecule has 0 aliphatic carbocycles. The largest absolute Gasteiger partial charge is 0.398 e. The Kier molecular flexibility index (Phi) is 3.82. The van der Waals surface area contributed by atoms with Crippen LogP contribution in [0.5, 0.6) is 0 Å². The predicted molar refractivity (Wildman–Crippen MR) is 85.7 cm³/mol. The lowest BCUT2D eigenvalue weighted by molar-refractivity contribution is 0.0656. The van der Waals surface area contributed by atoms with Crippen LogP contribution in [0, 0.1) is 11.3 Å². The molecule has 0 unspecified atom stereocenters. The maximum atomic E-state index is 12.4. The quantitative estimate of drug-likeness (QED) is 0.692. The number of hydrogen-bond donors (Lipinski definition) is 1. The minimum Gasteiger partial charge on any atom is -0.398 e. The van der Waals surface area contributed by atoms with Crippen LogP contribution in [-0.4, -0.2) is 23.3 Å². The van der Waals surface area contributed by atoms with Gasteiger partial charge in [-0.15, -0.1) is 0 Å². The smallest absolute Gasteiger partial charge is 0.263 e. The van der Waals surface area contributed by atoms with Crippen molar-refractivity contribution < 1.29 is 9.59 Å². The highest BCUT2D eigenvalue weighted by Crippen LogP contribution is 2.27. The first-order chi connectivity index (χ1) is 11.1. The molecule has 1 aliphatic rings. The Morgan fingerprint density at radius 2 is 1.70 bits per heavy atom. The molecule has 0 saturated carbocycles. The van der Waals surface area contributed by atoms with Gasteiger partial charge in [0.1, 0.15) is 0 Å². The van der Waals surface area contributed by atoms with Crippen LogP contribution >= 0.6 is 0 Å². The first-order valence-corrected chi connectivity index (χ1v) is 7.31. The van der Waals surface area contributed by atoms with Crippen LogP contribution in [0.2, 0.25) is 0 Å². The molecule has 1 heterocycles. The van der Waals surface area contributed by atoms with Gasteiger partial charge in [-0.2, -0.15) is 5.26 Å². The molecule has 0 saturated heterocycles. The summed E-state index contributed by atoms with van der Waals surface area (Å²) >= 11 is 0. The number of nitrogens with zero attached hydrogens (tertiary/aromatic N) is 2. The molecule has 0 fully saturated rings. The van der Waals surface area contributed by atoms with Crippen LogP contribution in [0.1, 0.15) is 31.8 Å². The molecule has 3 rings (SSSR count). The number of imide groups is 1. The fraction of sp³-hybridized carbons (Fsp3) is 0.167. The molecule has 2 aromatic rings. The second-order valence-corrected chi connectivity index (χ2v) is 5.43. The monoisotopic (exact) mass is 305 g/mol. The van der Waals surface area contributed by atoms with E-state index in [1.807, 2.05) is 24.3 Å². The van der Waals surface area contributed by atoms with Gasteiger partial charge >= 0.3 is 0 Å². The SMILES string of the molecule is N#CCc1ccc(CCN2C(=O)c3cccc(N)c3C2=O)cc1. The van der Waals surface area contributed by atoms with Gasteiger partial charge in [0.05, 0.1) is 23.6 Å². The Labute approximate surface area is 133 Å². The predicted octanol–water partition coefficient (Wildman–Crippen LogP) is 2.17. The van der Waals surface area contributed by atoms with Gasteiger partial charge in [-0.05, 0) is 29.7 Å². The molecule has 2 amide bonds. The zero-order valence-electron chi connectivity index (χ0n) is 12.5. The van der Waals surface area contributed by atoms with E-state index in [1.54, 1.807) is 18.2 Å². The number of amides is 2. The Bertz CT molecular complexity index is 819. The molecule has 2 N–H and O–H groups in total. The Morgan fingerprint density at radius 3 is 2.35 bits per heavy atom. The van der Waals surface area contributed by atoms with Gasteiger partial charge in [0, 0.05) is 12.2 Å². The number of nitrogen functional groups attached to an aromatic ring is 1. The van der Waals surface area contributed by atoms with E-state index in [2.05, 4.69) is 6.07 Å². The van der Waals surface area contributed by atoms with Crippen molar-refractivity contribution >= 4 is 17.5 Å². The summed E-state index contributed by atoms with van der Waals surface area (Å²) in [5.74, 6) is -0.623. The highest BCUT2D eigenvalue weighted by atomic mass is 16.2. The molecular weight excluding hydrogens is 290 g/mol. The van der Waals surface area contributed by atoms with E-state index < -0.39 is 0 Å². The number of carbonyl (C=O) groups excluding carboxylic acids is 2. The molecule has 0 atom stereocenters. The summed E-state index contributed by atoms with van der Waals surface area (Å²) < 4.78 is 0. The highest BCUT2D eigenvalue weighted by molar-refractivity contribution is 6.23. The summed E-state index contributed by atoms with van der Waals surface area (Å²) in [6, 6.07) is 14.6. The van der Waals surface area contributed by atoms with Crippen LogP contribution in [0.25, 0.3) is 0 Å². The summed E-state index contributed by atoms with van der Waals surface area (Å²) in [6.45, 7) is 0.309. The summed E-state index contributed by atoms with van der Waals surface area (Å²) in [6.07, 6.45) is 0.941. The van der Waals surface area contributed by atoms with Crippen molar-refractivity contribution in [3.05, 3.63) is 64.7 Å². The van der Waals surface area contributed by atoms with Gasteiger partial charge in [0.15, 0.2) is 0 Å². The summed E-state index contributed by atoms with van der Waals surface area (Å²) in [5, 5.41) is 8.66. The number of nitrogens with two attached hydrogens (primary N) is 1. The van der Waals surface area contributed by atoms with Gasteiger partial charge in [-0.25, -0.2) is 0 Å². The van der Waals surface area contributed by atoms with E-state index >= 15 is 0 Å². The molecule has 5 nitrogen and oxygen atoms in total.